The monoisotopic (exact) mass is 100 g/mol. The van der Waals surface area contributed by atoms with E-state index in [9.17, 15) is 4.79 Å². The second-order valence-corrected chi connectivity index (χ2v) is 0.583. The van der Waals surface area contributed by atoms with Gasteiger partial charge in [-0.25, -0.2) is 4.79 Å². The van der Waals surface area contributed by atoms with Crippen LogP contribution in [-0.2, 0) is 9.68 Å². The number of carbonyl (C=O) groups is 1. The average Bonchev–Trinajstić information content (AvgIpc) is 1.38. The average molecular weight is 100 g/mol. The minimum atomic E-state index is -0.690. The van der Waals surface area contributed by atoms with Gasteiger partial charge < -0.3 is 6.31 Å². The summed E-state index contributed by atoms with van der Waals surface area (Å²) < 4.78 is 0. The summed E-state index contributed by atoms with van der Waals surface area (Å²) in [6.45, 7) is 1.11. The van der Waals surface area contributed by atoms with Crippen LogP contribution in [0.5, 0.6) is 0 Å². The Kier molecular flexibility index (Phi) is 8.74. The van der Waals surface area contributed by atoms with E-state index in [4.69, 9.17) is 5.26 Å². The van der Waals surface area contributed by atoms with Gasteiger partial charge in [0.05, 0.1) is 0 Å². The summed E-state index contributed by atoms with van der Waals surface area (Å²) in [6, 6.07) is 0. The fraction of sp³-hybridized carbons (Fsp3) is 0.500. The number of carbonyl (C=O) groups excluding carboxylic acids is 1. The second-order valence-electron chi connectivity index (χ2n) is 0.583. The molecular formula is C2H5NaO3. The topological polar surface area (TPSA) is 46.5 Å². The third-order valence-corrected chi connectivity index (χ3v) is 0.129. The van der Waals surface area contributed by atoms with Gasteiger partial charge in [-0.1, -0.05) is 0 Å². The summed E-state index contributed by atoms with van der Waals surface area (Å²) in [5.74, 6) is -0.690. The molecule has 6 heavy (non-hydrogen) atoms. The van der Waals surface area contributed by atoms with E-state index >= 15 is 0 Å². The van der Waals surface area contributed by atoms with Crippen LogP contribution in [0.1, 0.15) is 8.35 Å². The first-order chi connectivity index (χ1) is 2.27. The zero-order valence-electron chi connectivity index (χ0n) is 4.76. The van der Waals surface area contributed by atoms with Crippen LogP contribution in [0, 0.1) is 0 Å². The van der Waals surface area contributed by atoms with E-state index in [1.807, 2.05) is 0 Å². The third-order valence-electron chi connectivity index (χ3n) is 0.129. The number of hydrogen-bond donors (Lipinski definition) is 1. The van der Waals surface area contributed by atoms with Crippen LogP contribution in [0.25, 0.3) is 0 Å². The number of hydrogen-bond acceptors (Lipinski definition) is 3. The van der Waals surface area contributed by atoms with Gasteiger partial charge in [-0.3, -0.25) is 0 Å². The van der Waals surface area contributed by atoms with E-state index in [-0.39, 0.29) is 31.0 Å². The van der Waals surface area contributed by atoms with Crippen molar-refractivity contribution < 1.29 is 45.9 Å². The fourth-order valence-electron chi connectivity index (χ4n) is 0. The predicted molar refractivity (Wildman–Crippen MR) is 15.5 cm³/mol. The first-order valence-electron chi connectivity index (χ1n) is 1.09. The van der Waals surface area contributed by atoms with Crippen molar-refractivity contribution in [2.45, 2.75) is 6.92 Å². The molecule has 0 radical (unpaired) electrons. The fourth-order valence-corrected chi connectivity index (χ4v) is 0. The molecule has 0 rings (SSSR count). The van der Waals surface area contributed by atoms with Gasteiger partial charge in [0.15, 0.2) is 0 Å². The molecule has 0 spiro atoms. The Morgan fingerprint density at radius 1 is 2.00 bits per heavy atom. The van der Waals surface area contributed by atoms with Crippen molar-refractivity contribution in [2.75, 3.05) is 0 Å². The van der Waals surface area contributed by atoms with Crippen LogP contribution in [0.2, 0.25) is 0 Å². The molecule has 0 aliphatic heterocycles. The summed E-state index contributed by atoms with van der Waals surface area (Å²) in [4.78, 5) is 12.5. The summed E-state index contributed by atoms with van der Waals surface area (Å²) in [7, 11) is 0. The van der Waals surface area contributed by atoms with Crippen LogP contribution in [0.3, 0.4) is 0 Å². The molecule has 4 heteroatoms. The molecule has 0 atom stereocenters. The van der Waals surface area contributed by atoms with Crippen molar-refractivity contribution in [3.63, 3.8) is 0 Å². The molecule has 0 amide bonds. The second kappa shape index (κ2) is 5.43. The molecule has 0 aromatic rings. The summed E-state index contributed by atoms with van der Waals surface area (Å²) in [5, 5.41) is 7.29. The van der Waals surface area contributed by atoms with Gasteiger partial charge in [-0.15, -0.1) is 0 Å². The molecule has 0 aliphatic carbocycles. The van der Waals surface area contributed by atoms with E-state index in [0.29, 0.717) is 0 Å². The molecule has 0 saturated heterocycles. The Hall–Kier alpha value is 0.430. The maximum Gasteiger partial charge on any atom is 1.00 e. The molecule has 0 heterocycles. The Balaban J connectivity index is -0.0000000800. The van der Waals surface area contributed by atoms with Crippen molar-refractivity contribution in [3.8, 4) is 0 Å². The zero-order chi connectivity index (χ0) is 4.28. The van der Waals surface area contributed by atoms with Crippen molar-refractivity contribution in [2.24, 2.45) is 0 Å². The van der Waals surface area contributed by atoms with Crippen molar-refractivity contribution in [3.05, 3.63) is 0 Å². The molecule has 0 unspecified atom stereocenters. The van der Waals surface area contributed by atoms with Gasteiger partial charge in [0.1, 0.15) is 0 Å². The first-order valence-corrected chi connectivity index (χ1v) is 1.09. The van der Waals surface area contributed by atoms with Crippen molar-refractivity contribution >= 4 is 5.97 Å². The molecule has 0 fully saturated rings. The van der Waals surface area contributed by atoms with E-state index in [1.54, 1.807) is 0 Å². The maximum atomic E-state index is 9.34. The Labute approximate surface area is 59.0 Å². The smallest absolute Gasteiger partial charge is 1.00 e. The molecule has 0 aromatic carbocycles. The molecule has 0 aromatic heterocycles. The van der Waals surface area contributed by atoms with E-state index in [1.165, 1.54) is 0 Å². The normalized spacial score (nSPS) is 5.67. The first kappa shape index (κ1) is 9.66. The van der Waals surface area contributed by atoms with Crippen LogP contribution in [0.4, 0.5) is 0 Å². The minimum Gasteiger partial charge on any atom is -1.00 e. The van der Waals surface area contributed by atoms with Gasteiger partial charge in [0.25, 0.3) is 0 Å². The van der Waals surface area contributed by atoms with Gasteiger partial charge in [-0.2, -0.15) is 5.26 Å². The summed E-state index contributed by atoms with van der Waals surface area (Å²) in [6.07, 6.45) is 0. The van der Waals surface area contributed by atoms with E-state index in [2.05, 4.69) is 4.89 Å². The van der Waals surface area contributed by atoms with Gasteiger partial charge in [0.2, 0.25) is 0 Å². The maximum absolute atomic E-state index is 9.34. The quantitative estimate of drug-likeness (QED) is 0.202. The molecule has 0 bridgehead atoms. The number of rotatable bonds is 0. The van der Waals surface area contributed by atoms with Crippen LogP contribution in [-0.4, -0.2) is 11.2 Å². The third kappa shape index (κ3) is 8.83. The Bertz CT molecular complexity index is 48.2. The van der Waals surface area contributed by atoms with Gasteiger partial charge >= 0.3 is 35.5 Å². The SMILES string of the molecule is CC(=O)OO.[H-].[Na+]. The van der Waals surface area contributed by atoms with Crippen LogP contribution >= 0.6 is 0 Å². The summed E-state index contributed by atoms with van der Waals surface area (Å²) >= 11 is 0. The van der Waals surface area contributed by atoms with Crippen LogP contribution in [0.15, 0.2) is 0 Å². The largest absolute Gasteiger partial charge is 1.00 e. The Morgan fingerprint density at radius 3 is 2.17 bits per heavy atom. The minimum absolute atomic E-state index is 0. The molecule has 0 aliphatic rings. The standard InChI is InChI=1S/C2H4O3.Na.H/c1-2(3)5-4;;/h4H,1H3;;/q;+1;-1. The van der Waals surface area contributed by atoms with Crippen LogP contribution < -0.4 is 29.6 Å². The molecule has 0 saturated carbocycles. The van der Waals surface area contributed by atoms with Crippen molar-refractivity contribution in [1.82, 2.24) is 0 Å². The van der Waals surface area contributed by atoms with Gasteiger partial charge in [-0.05, 0) is 0 Å². The van der Waals surface area contributed by atoms with Gasteiger partial charge in [0, 0.05) is 6.92 Å². The molecular weight excluding hydrogens is 95.0 g/mol. The predicted octanol–water partition coefficient (Wildman–Crippen LogP) is -2.86. The molecule has 32 valence electrons. The van der Waals surface area contributed by atoms with E-state index in [0.717, 1.165) is 6.92 Å². The van der Waals surface area contributed by atoms with E-state index < -0.39 is 5.97 Å². The molecule has 1 N–H and O–H groups in total. The summed E-state index contributed by atoms with van der Waals surface area (Å²) in [5.41, 5.74) is 0. The van der Waals surface area contributed by atoms with Crippen molar-refractivity contribution in [1.29, 1.82) is 0 Å². The molecule has 3 nitrogen and oxygen atoms in total. The Morgan fingerprint density at radius 2 is 2.17 bits per heavy atom. The zero-order valence-corrected chi connectivity index (χ0v) is 5.76.